The fourth-order valence-electron chi connectivity index (χ4n) is 3.20. The highest BCUT2D eigenvalue weighted by molar-refractivity contribution is 7.99. The van der Waals surface area contributed by atoms with E-state index in [-0.39, 0.29) is 17.9 Å². The number of aromatic nitrogens is 2. The Labute approximate surface area is 148 Å². The number of hydrogen-bond acceptors (Lipinski definition) is 5. The molecule has 126 valence electrons. The summed E-state index contributed by atoms with van der Waals surface area (Å²) in [6.07, 6.45) is 2.00. The van der Waals surface area contributed by atoms with Gasteiger partial charge in [0.05, 0.1) is 12.2 Å². The van der Waals surface area contributed by atoms with Crippen LogP contribution in [0.5, 0.6) is 0 Å². The van der Waals surface area contributed by atoms with Crippen LogP contribution in [0.4, 0.5) is 0 Å². The highest BCUT2D eigenvalue weighted by Gasteiger charge is 2.31. The van der Waals surface area contributed by atoms with Crippen LogP contribution in [0.25, 0.3) is 11.4 Å². The molecule has 0 saturated carbocycles. The number of nitrogens with zero attached hydrogens (tertiary/aromatic N) is 3. The van der Waals surface area contributed by atoms with E-state index in [2.05, 4.69) is 10.3 Å². The highest BCUT2D eigenvalue weighted by atomic mass is 32.2. The van der Waals surface area contributed by atoms with E-state index in [0.29, 0.717) is 18.7 Å². The molecule has 8 heteroatoms. The zero-order valence-corrected chi connectivity index (χ0v) is 14.7. The minimum Gasteiger partial charge on any atom is -0.349 e. The van der Waals surface area contributed by atoms with E-state index < -0.39 is 0 Å². The Kier molecular flexibility index (Phi) is 4.32. The second kappa shape index (κ2) is 6.60. The third-order valence-corrected chi connectivity index (χ3v) is 6.07. The maximum absolute atomic E-state index is 12.6. The van der Waals surface area contributed by atoms with E-state index >= 15 is 0 Å². The number of fused-ring (bicyclic) bond motifs is 1. The van der Waals surface area contributed by atoms with Crippen molar-refractivity contribution >= 4 is 34.9 Å². The molecule has 6 nitrogen and oxygen atoms in total. The summed E-state index contributed by atoms with van der Waals surface area (Å²) in [6, 6.07) is 1.91. The number of nitrogens with one attached hydrogen (secondary N) is 1. The molecule has 2 aliphatic heterocycles. The summed E-state index contributed by atoms with van der Waals surface area (Å²) in [6.45, 7) is 2.10. The van der Waals surface area contributed by atoms with Crippen LogP contribution in [0.1, 0.15) is 23.0 Å². The van der Waals surface area contributed by atoms with Crippen LogP contribution in [-0.2, 0) is 4.79 Å². The molecule has 24 heavy (non-hydrogen) atoms. The van der Waals surface area contributed by atoms with Gasteiger partial charge in [0.25, 0.3) is 5.91 Å². The van der Waals surface area contributed by atoms with Crippen molar-refractivity contribution < 1.29 is 9.59 Å². The fourth-order valence-corrected chi connectivity index (χ4v) is 4.74. The number of hydrogen-bond donors (Lipinski definition) is 1. The van der Waals surface area contributed by atoms with Crippen molar-refractivity contribution in [2.24, 2.45) is 0 Å². The van der Waals surface area contributed by atoms with Crippen LogP contribution in [0.15, 0.2) is 23.0 Å². The zero-order chi connectivity index (χ0) is 16.5. The van der Waals surface area contributed by atoms with Gasteiger partial charge < -0.3 is 14.8 Å². The van der Waals surface area contributed by atoms with Gasteiger partial charge in [-0.05, 0) is 11.4 Å². The Morgan fingerprint density at radius 2 is 2.21 bits per heavy atom. The largest absolute Gasteiger partial charge is 0.349 e. The number of imidazole rings is 1. The van der Waals surface area contributed by atoms with E-state index in [1.165, 1.54) is 0 Å². The Bertz CT molecular complexity index is 750. The molecule has 0 spiro atoms. The molecule has 1 N–H and O–H groups in total. The molecule has 1 atom stereocenters. The second-order valence-electron chi connectivity index (χ2n) is 5.91. The average Bonchev–Trinajstić information content (AvgIpc) is 3.27. The van der Waals surface area contributed by atoms with Crippen molar-refractivity contribution in [1.82, 2.24) is 19.8 Å². The molecule has 0 radical (unpaired) electrons. The number of carbonyl (C=O) groups is 2. The number of thiophene rings is 1. The van der Waals surface area contributed by atoms with Gasteiger partial charge in [0.2, 0.25) is 5.91 Å². The molecule has 2 amide bonds. The smallest absolute Gasteiger partial charge is 0.269 e. The number of amides is 2. The van der Waals surface area contributed by atoms with Crippen molar-refractivity contribution in [2.45, 2.75) is 12.5 Å². The van der Waals surface area contributed by atoms with Gasteiger partial charge in [0.1, 0.15) is 11.5 Å². The first-order valence-corrected chi connectivity index (χ1v) is 10.1. The zero-order valence-electron chi connectivity index (χ0n) is 13.1. The van der Waals surface area contributed by atoms with Gasteiger partial charge in [-0.25, -0.2) is 4.98 Å². The predicted molar refractivity (Wildman–Crippen MR) is 95.4 cm³/mol. The second-order valence-corrected chi connectivity index (χ2v) is 7.91. The first-order chi connectivity index (χ1) is 11.7. The van der Waals surface area contributed by atoms with E-state index in [4.69, 9.17) is 0 Å². The van der Waals surface area contributed by atoms with Crippen molar-refractivity contribution in [3.63, 3.8) is 0 Å². The predicted octanol–water partition coefficient (Wildman–Crippen LogP) is 1.86. The van der Waals surface area contributed by atoms with Crippen LogP contribution in [0.3, 0.4) is 0 Å². The molecule has 1 saturated heterocycles. The standard InChI is InChI=1S/C16H18N4O2S2/c21-14(19-2-5-23-6-3-19)7-12-8-18-16(22)13-9-17-15(20(12)13)11-1-4-24-10-11/h1,4,9-10,12H,2-3,5-8H2,(H,18,22). The van der Waals surface area contributed by atoms with Crippen LogP contribution >= 0.6 is 23.1 Å². The van der Waals surface area contributed by atoms with E-state index in [1.807, 2.05) is 38.1 Å². The van der Waals surface area contributed by atoms with Gasteiger partial charge >= 0.3 is 0 Å². The SMILES string of the molecule is O=C1NCC(CC(=O)N2CCSCC2)n2c1cnc2-c1ccsc1. The molecule has 4 heterocycles. The number of carbonyl (C=O) groups excluding carboxylic acids is 2. The monoisotopic (exact) mass is 362 g/mol. The van der Waals surface area contributed by atoms with Crippen LogP contribution in [-0.4, -0.2) is 57.4 Å². The van der Waals surface area contributed by atoms with Crippen molar-refractivity contribution in [3.05, 3.63) is 28.7 Å². The fraction of sp³-hybridized carbons (Fsp3) is 0.438. The summed E-state index contributed by atoms with van der Waals surface area (Å²) in [7, 11) is 0. The summed E-state index contributed by atoms with van der Waals surface area (Å²) < 4.78 is 1.94. The summed E-state index contributed by atoms with van der Waals surface area (Å²) >= 11 is 3.48. The summed E-state index contributed by atoms with van der Waals surface area (Å²) in [5.41, 5.74) is 1.53. The van der Waals surface area contributed by atoms with Gasteiger partial charge in [-0.1, -0.05) is 0 Å². The molecule has 2 aliphatic rings. The van der Waals surface area contributed by atoms with Gasteiger partial charge in [-0.15, -0.1) is 0 Å². The summed E-state index contributed by atoms with van der Waals surface area (Å²) in [4.78, 5) is 31.2. The van der Waals surface area contributed by atoms with Gasteiger partial charge in [0, 0.05) is 48.5 Å². The van der Waals surface area contributed by atoms with Crippen LogP contribution < -0.4 is 5.32 Å². The summed E-state index contributed by atoms with van der Waals surface area (Å²) in [5.74, 6) is 2.82. The highest BCUT2D eigenvalue weighted by Crippen LogP contribution is 2.29. The quantitative estimate of drug-likeness (QED) is 0.905. The lowest BCUT2D eigenvalue weighted by Gasteiger charge is -2.31. The molecule has 0 aliphatic carbocycles. The Morgan fingerprint density at radius 1 is 1.38 bits per heavy atom. The Balaban J connectivity index is 1.62. The van der Waals surface area contributed by atoms with Crippen molar-refractivity contribution in [2.75, 3.05) is 31.1 Å². The molecular weight excluding hydrogens is 344 g/mol. The maximum atomic E-state index is 12.6. The topological polar surface area (TPSA) is 67.2 Å². The Morgan fingerprint density at radius 3 is 2.96 bits per heavy atom. The van der Waals surface area contributed by atoms with Gasteiger partial charge in [-0.2, -0.15) is 23.1 Å². The van der Waals surface area contributed by atoms with Gasteiger partial charge in [-0.3, -0.25) is 9.59 Å². The average molecular weight is 362 g/mol. The molecule has 0 bridgehead atoms. The van der Waals surface area contributed by atoms with Crippen LogP contribution in [0.2, 0.25) is 0 Å². The normalized spacial score (nSPS) is 20.6. The first kappa shape index (κ1) is 15.7. The Hall–Kier alpha value is -1.80. The summed E-state index contributed by atoms with van der Waals surface area (Å²) in [5, 5.41) is 6.89. The lowest BCUT2D eigenvalue weighted by Crippen LogP contribution is -2.43. The third-order valence-electron chi connectivity index (χ3n) is 4.45. The molecular formula is C16H18N4O2S2. The third kappa shape index (κ3) is 2.84. The van der Waals surface area contributed by atoms with Crippen molar-refractivity contribution in [3.8, 4) is 11.4 Å². The van der Waals surface area contributed by atoms with E-state index in [9.17, 15) is 9.59 Å². The first-order valence-electron chi connectivity index (χ1n) is 7.97. The molecule has 2 aromatic heterocycles. The lowest BCUT2D eigenvalue weighted by atomic mass is 10.1. The van der Waals surface area contributed by atoms with Crippen molar-refractivity contribution in [1.29, 1.82) is 0 Å². The molecule has 1 unspecified atom stereocenters. The number of thioether (sulfide) groups is 1. The van der Waals surface area contributed by atoms with E-state index in [1.54, 1.807) is 17.5 Å². The molecule has 0 aromatic carbocycles. The minimum absolute atomic E-state index is 0.0859. The molecule has 2 aromatic rings. The van der Waals surface area contributed by atoms with Gasteiger partial charge in [0.15, 0.2) is 0 Å². The minimum atomic E-state index is -0.123. The lowest BCUT2D eigenvalue weighted by molar-refractivity contribution is -0.131. The number of rotatable bonds is 3. The molecule has 4 rings (SSSR count). The van der Waals surface area contributed by atoms with E-state index in [0.717, 1.165) is 36.0 Å². The maximum Gasteiger partial charge on any atom is 0.269 e. The van der Waals surface area contributed by atoms with Crippen LogP contribution in [0, 0.1) is 0 Å². The molecule has 1 fully saturated rings.